The van der Waals surface area contributed by atoms with E-state index in [1.165, 1.54) is 25.1 Å². The number of phenols is 1. The average Bonchev–Trinajstić information content (AvgIpc) is 3.44. The third-order valence-electron chi connectivity index (χ3n) is 4.95. The summed E-state index contributed by atoms with van der Waals surface area (Å²) in [5.74, 6) is -5.60. The summed E-state index contributed by atoms with van der Waals surface area (Å²) in [6.45, 7) is 1.41. The van der Waals surface area contributed by atoms with Crippen LogP contribution in [0.3, 0.4) is 0 Å². The molecule has 1 saturated carbocycles. The summed E-state index contributed by atoms with van der Waals surface area (Å²) >= 11 is 5.77. The van der Waals surface area contributed by atoms with Crippen LogP contribution in [-0.4, -0.2) is 28.6 Å². The number of hydrogen-bond acceptors (Lipinski definition) is 3. The standard InChI is InChI=1S/C20H16ClF5N2O3/c1-9(27-17(30)19(4-5-19)28-18(31)20(24,25)26)12-3-2-10(6-14(12)22)13-7-11(21)8-15(23)16(13)29/h2-3,6-9,29H,4-5H2,1H3,(H,27,30)(H,28,31)/t9-/m1/s1. The molecule has 0 aromatic heterocycles. The Morgan fingerprint density at radius 2 is 1.77 bits per heavy atom. The van der Waals surface area contributed by atoms with Crippen LogP contribution in [0.2, 0.25) is 5.02 Å². The average molecular weight is 463 g/mol. The van der Waals surface area contributed by atoms with E-state index in [1.54, 1.807) is 5.32 Å². The Balaban J connectivity index is 1.77. The predicted octanol–water partition coefficient (Wildman–Crippen LogP) is 4.38. The second-order valence-corrected chi connectivity index (χ2v) is 7.69. The third-order valence-corrected chi connectivity index (χ3v) is 5.17. The molecule has 1 fully saturated rings. The van der Waals surface area contributed by atoms with Crippen LogP contribution in [0.5, 0.6) is 5.75 Å². The molecule has 0 saturated heterocycles. The summed E-state index contributed by atoms with van der Waals surface area (Å²) in [6.07, 6.45) is -5.09. The molecule has 0 bridgehead atoms. The van der Waals surface area contributed by atoms with Crippen LogP contribution in [0.4, 0.5) is 22.0 Å². The molecule has 1 aliphatic carbocycles. The van der Waals surface area contributed by atoms with Crippen LogP contribution in [-0.2, 0) is 9.59 Å². The lowest BCUT2D eigenvalue weighted by atomic mass is 9.99. The van der Waals surface area contributed by atoms with Gasteiger partial charge >= 0.3 is 12.1 Å². The van der Waals surface area contributed by atoms with Crippen molar-refractivity contribution in [2.45, 2.75) is 37.5 Å². The predicted molar refractivity (Wildman–Crippen MR) is 101 cm³/mol. The molecular weight excluding hydrogens is 447 g/mol. The van der Waals surface area contributed by atoms with Crippen molar-refractivity contribution in [2.75, 3.05) is 0 Å². The maximum Gasteiger partial charge on any atom is 0.471 e. The Morgan fingerprint density at radius 1 is 1.13 bits per heavy atom. The van der Waals surface area contributed by atoms with E-state index in [0.717, 1.165) is 12.1 Å². The fourth-order valence-corrected chi connectivity index (χ4v) is 3.27. The highest BCUT2D eigenvalue weighted by molar-refractivity contribution is 6.31. The first kappa shape index (κ1) is 22.8. The van der Waals surface area contributed by atoms with Gasteiger partial charge in [-0.05, 0) is 43.5 Å². The zero-order valence-corrected chi connectivity index (χ0v) is 16.7. The molecule has 0 heterocycles. The van der Waals surface area contributed by atoms with E-state index in [9.17, 15) is 36.6 Å². The molecule has 2 aromatic rings. The lowest BCUT2D eigenvalue weighted by Gasteiger charge is -2.22. The minimum absolute atomic E-state index is 0.00274. The molecule has 31 heavy (non-hydrogen) atoms. The number of amides is 2. The van der Waals surface area contributed by atoms with Crippen molar-refractivity contribution in [3.05, 3.63) is 52.6 Å². The molecule has 5 nitrogen and oxygen atoms in total. The van der Waals surface area contributed by atoms with Crippen LogP contribution < -0.4 is 10.6 Å². The Bertz CT molecular complexity index is 1050. The van der Waals surface area contributed by atoms with Gasteiger partial charge in [-0.25, -0.2) is 8.78 Å². The lowest BCUT2D eigenvalue weighted by Crippen LogP contribution is -2.53. The topological polar surface area (TPSA) is 78.4 Å². The van der Waals surface area contributed by atoms with Crippen molar-refractivity contribution >= 4 is 23.4 Å². The number of rotatable bonds is 5. The highest BCUT2D eigenvalue weighted by Crippen LogP contribution is 2.38. The van der Waals surface area contributed by atoms with Crippen molar-refractivity contribution in [3.8, 4) is 16.9 Å². The first-order valence-electron chi connectivity index (χ1n) is 9.02. The third kappa shape index (κ3) is 4.73. The van der Waals surface area contributed by atoms with Crippen molar-refractivity contribution in [3.63, 3.8) is 0 Å². The Labute approximate surface area is 178 Å². The number of hydrogen-bond donors (Lipinski definition) is 3. The van der Waals surface area contributed by atoms with Gasteiger partial charge in [-0.3, -0.25) is 9.59 Å². The van der Waals surface area contributed by atoms with Gasteiger partial charge in [0.05, 0.1) is 6.04 Å². The van der Waals surface area contributed by atoms with Crippen LogP contribution in [0.1, 0.15) is 31.4 Å². The van der Waals surface area contributed by atoms with Crippen molar-refractivity contribution in [1.29, 1.82) is 0 Å². The summed E-state index contributed by atoms with van der Waals surface area (Å²) in [7, 11) is 0. The maximum absolute atomic E-state index is 14.7. The summed E-state index contributed by atoms with van der Waals surface area (Å²) in [4.78, 5) is 23.5. The molecule has 0 unspecified atom stereocenters. The number of benzene rings is 2. The van der Waals surface area contributed by atoms with E-state index in [4.69, 9.17) is 11.6 Å². The van der Waals surface area contributed by atoms with Gasteiger partial charge in [-0.1, -0.05) is 23.7 Å². The van der Waals surface area contributed by atoms with Gasteiger partial charge in [0.2, 0.25) is 5.91 Å². The monoisotopic (exact) mass is 462 g/mol. The van der Waals surface area contributed by atoms with Crippen LogP contribution in [0.15, 0.2) is 30.3 Å². The summed E-state index contributed by atoms with van der Waals surface area (Å²) in [5.41, 5.74) is -1.60. The summed E-state index contributed by atoms with van der Waals surface area (Å²) in [6, 6.07) is 4.84. The van der Waals surface area contributed by atoms with Crippen molar-refractivity contribution < 1.29 is 36.6 Å². The molecular formula is C20H16ClF5N2O3. The molecule has 2 aromatic carbocycles. The number of nitrogens with one attached hydrogen (secondary N) is 2. The number of halogens is 6. The fourth-order valence-electron chi connectivity index (χ4n) is 3.07. The van der Waals surface area contributed by atoms with Gasteiger partial charge in [-0.2, -0.15) is 13.2 Å². The number of phenolic OH excluding ortho intramolecular Hbond substituents is 1. The van der Waals surface area contributed by atoms with E-state index < -0.39 is 47.0 Å². The maximum atomic E-state index is 14.7. The first-order valence-corrected chi connectivity index (χ1v) is 9.40. The number of aromatic hydroxyl groups is 1. The zero-order valence-electron chi connectivity index (χ0n) is 15.9. The molecule has 1 atom stereocenters. The van der Waals surface area contributed by atoms with E-state index in [2.05, 4.69) is 5.32 Å². The fraction of sp³-hybridized carbons (Fsp3) is 0.300. The second-order valence-electron chi connectivity index (χ2n) is 7.25. The Kier molecular flexibility index (Phi) is 5.88. The largest absolute Gasteiger partial charge is 0.504 e. The smallest absolute Gasteiger partial charge is 0.471 e. The van der Waals surface area contributed by atoms with Crippen LogP contribution in [0, 0.1) is 11.6 Å². The number of carbonyl (C=O) groups is 2. The van der Waals surface area contributed by atoms with Crippen LogP contribution >= 0.6 is 11.6 Å². The molecule has 2 amide bonds. The van der Waals surface area contributed by atoms with Crippen molar-refractivity contribution in [1.82, 2.24) is 10.6 Å². The minimum Gasteiger partial charge on any atom is -0.504 e. The molecule has 0 aliphatic heterocycles. The van der Waals surface area contributed by atoms with E-state index in [-0.39, 0.29) is 34.6 Å². The quantitative estimate of drug-likeness (QED) is 0.577. The molecule has 1 aliphatic rings. The van der Waals surface area contributed by atoms with Crippen molar-refractivity contribution in [2.24, 2.45) is 0 Å². The van der Waals surface area contributed by atoms with Gasteiger partial charge in [0.15, 0.2) is 11.6 Å². The second kappa shape index (κ2) is 7.99. The normalized spacial score (nSPS) is 15.8. The summed E-state index contributed by atoms with van der Waals surface area (Å²) < 4.78 is 65.7. The molecule has 3 rings (SSSR count). The van der Waals surface area contributed by atoms with Gasteiger partial charge in [0, 0.05) is 16.1 Å². The SMILES string of the molecule is C[C@@H](NC(=O)C1(NC(=O)C(F)(F)F)CC1)c1ccc(-c2cc(Cl)cc(F)c2O)cc1F. The molecule has 11 heteroatoms. The van der Waals surface area contributed by atoms with E-state index in [0.29, 0.717) is 0 Å². The number of carbonyl (C=O) groups excluding carboxylic acids is 2. The van der Waals surface area contributed by atoms with Gasteiger partial charge in [0.1, 0.15) is 11.4 Å². The molecule has 0 spiro atoms. The van der Waals surface area contributed by atoms with Gasteiger partial charge in [0.25, 0.3) is 0 Å². The zero-order chi connectivity index (χ0) is 23.1. The molecule has 166 valence electrons. The van der Waals surface area contributed by atoms with E-state index >= 15 is 0 Å². The first-order chi connectivity index (χ1) is 14.3. The lowest BCUT2D eigenvalue weighted by molar-refractivity contribution is -0.175. The minimum atomic E-state index is -5.13. The van der Waals surface area contributed by atoms with Gasteiger partial charge < -0.3 is 15.7 Å². The molecule has 3 N–H and O–H groups in total. The Hall–Kier alpha value is -2.88. The Morgan fingerprint density at radius 3 is 2.32 bits per heavy atom. The highest BCUT2D eigenvalue weighted by atomic mass is 35.5. The number of alkyl halides is 3. The summed E-state index contributed by atoms with van der Waals surface area (Å²) in [5, 5.41) is 13.9. The highest BCUT2D eigenvalue weighted by Gasteiger charge is 2.55. The van der Waals surface area contributed by atoms with E-state index in [1.807, 2.05) is 0 Å². The van der Waals surface area contributed by atoms with Gasteiger partial charge in [-0.15, -0.1) is 0 Å². The molecule has 0 radical (unpaired) electrons. The van der Waals surface area contributed by atoms with Crippen LogP contribution in [0.25, 0.3) is 11.1 Å².